The minimum atomic E-state index is -1.10. The van der Waals surface area contributed by atoms with Gasteiger partial charge in [-0.05, 0) is 18.2 Å². The summed E-state index contributed by atoms with van der Waals surface area (Å²) in [6.07, 6.45) is 0. The topological polar surface area (TPSA) is 78.9 Å². The van der Waals surface area contributed by atoms with E-state index in [0.717, 1.165) is 12.1 Å². The van der Waals surface area contributed by atoms with Crippen LogP contribution in [-0.4, -0.2) is 13.0 Å². The molecule has 3 N–H and O–H groups in total. The molecule has 0 radical (unpaired) electrons. The van der Waals surface area contributed by atoms with E-state index in [1.165, 1.54) is 13.1 Å². The minimum Gasteiger partial charge on any atom is -0.397 e. The molecule has 0 bridgehead atoms. The molecule has 0 fully saturated rings. The van der Waals surface area contributed by atoms with Gasteiger partial charge in [-0.25, -0.2) is 8.78 Å². The second-order valence-corrected chi connectivity index (χ2v) is 3.11. The maximum atomic E-state index is 13.0. The van der Waals surface area contributed by atoms with Gasteiger partial charge in [0.1, 0.15) is 11.6 Å². The number of benzene rings is 1. The standard InChI is InChI=1S/C11H9F2N3O/c1-16-11(17)7(5-14)10(15)6-2-3-8(12)9(13)4-6/h2-4H,15H2,1H3,(H,16,17)/b10-7-. The maximum Gasteiger partial charge on any atom is 0.263 e. The van der Waals surface area contributed by atoms with E-state index in [2.05, 4.69) is 5.32 Å². The molecule has 17 heavy (non-hydrogen) atoms. The molecule has 0 heterocycles. The van der Waals surface area contributed by atoms with E-state index in [9.17, 15) is 13.6 Å². The molecule has 1 rings (SSSR count). The van der Waals surface area contributed by atoms with Crippen LogP contribution in [0.25, 0.3) is 5.70 Å². The lowest BCUT2D eigenvalue weighted by molar-refractivity contribution is -0.116. The highest BCUT2D eigenvalue weighted by Gasteiger charge is 2.14. The van der Waals surface area contributed by atoms with Gasteiger partial charge in [0.05, 0.1) is 5.70 Å². The largest absolute Gasteiger partial charge is 0.397 e. The fraction of sp³-hybridized carbons (Fsp3) is 0.0909. The van der Waals surface area contributed by atoms with Crippen molar-refractivity contribution in [3.63, 3.8) is 0 Å². The Morgan fingerprint density at radius 1 is 1.41 bits per heavy atom. The summed E-state index contributed by atoms with van der Waals surface area (Å²) in [6.45, 7) is 0. The molecule has 0 atom stereocenters. The van der Waals surface area contributed by atoms with Crippen LogP contribution in [0.3, 0.4) is 0 Å². The zero-order valence-corrected chi connectivity index (χ0v) is 8.92. The summed E-state index contributed by atoms with van der Waals surface area (Å²) in [6, 6.07) is 4.50. The number of carbonyl (C=O) groups is 1. The van der Waals surface area contributed by atoms with Gasteiger partial charge < -0.3 is 11.1 Å². The Bertz CT molecular complexity index is 532. The molecule has 4 nitrogen and oxygen atoms in total. The lowest BCUT2D eigenvalue weighted by Crippen LogP contribution is -2.22. The lowest BCUT2D eigenvalue weighted by Gasteiger charge is -2.05. The summed E-state index contributed by atoms with van der Waals surface area (Å²) < 4.78 is 25.6. The van der Waals surface area contributed by atoms with Crippen molar-refractivity contribution in [1.29, 1.82) is 5.26 Å². The molecule has 88 valence electrons. The Morgan fingerprint density at radius 3 is 2.53 bits per heavy atom. The number of likely N-dealkylation sites (N-methyl/N-ethyl adjacent to an activating group) is 1. The Kier molecular flexibility index (Phi) is 3.78. The van der Waals surface area contributed by atoms with Crippen molar-refractivity contribution in [3.05, 3.63) is 41.0 Å². The van der Waals surface area contributed by atoms with Crippen LogP contribution >= 0.6 is 0 Å². The molecular formula is C11H9F2N3O. The van der Waals surface area contributed by atoms with E-state index in [4.69, 9.17) is 11.0 Å². The van der Waals surface area contributed by atoms with Crippen LogP contribution in [0.15, 0.2) is 23.8 Å². The van der Waals surface area contributed by atoms with Crippen LogP contribution in [0.1, 0.15) is 5.56 Å². The van der Waals surface area contributed by atoms with Gasteiger partial charge in [0.25, 0.3) is 5.91 Å². The van der Waals surface area contributed by atoms with Crippen LogP contribution in [0.2, 0.25) is 0 Å². The normalized spacial score (nSPS) is 11.4. The monoisotopic (exact) mass is 237 g/mol. The van der Waals surface area contributed by atoms with Gasteiger partial charge in [-0.2, -0.15) is 5.26 Å². The Morgan fingerprint density at radius 2 is 2.06 bits per heavy atom. The van der Waals surface area contributed by atoms with Gasteiger partial charge >= 0.3 is 0 Å². The highest BCUT2D eigenvalue weighted by atomic mass is 19.2. The average molecular weight is 237 g/mol. The van der Waals surface area contributed by atoms with Gasteiger partial charge in [-0.15, -0.1) is 0 Å². The summed E-state index contributed by atoms with van der Waals surface area (Å²) in [4.78, 5) is 11.3. The zero-order valence-electron chi connectivity index (χ0n) is 8.92. The molecule has 0 spiro atoms. The van der Waals surface area contributed by atoms with Crippen LogP contribution in [0, 0.1) is 23.0 Å². The molecule has 0 aliphatic rings. The summed E-state index contributed by atoms with van der Waals surface area (Å²) in [5, 5.41) is 11.0. The zero-order chi connectivity index (χ0) is 13.0. The number of hydrogen-bond donors (Lipinski definition) is 2. The molecule has 1 aromatic carbocycles. The second kappa shape index (κ2) is 5.07. The van der Waals surface area contributed by atoms with Gasteiger partial charge in [0.2, 0.25) is 0 Å². The predicted molar refractivity (Wildman–Crippen MR) is 57.1 cm³/mol. The fourth-order valence-electron chi connectivity index (χ4n) is 1.17. The van der Waals surface area contributed by atoms with Crippen molar-refractivity contribution in [3.8, 4) is 6.07 Å². The molecule has 6 heteroatoms. The lowest BCUT2D eigenvalue weighted by atomic mass is 10.1. The number of rotatable bonds is 2. The highest BCUT2D eigenvalue weighted by Crippen LogP contribution is 2.16. The molecule has 0 aliphatic heterocycles. The molecule has 0 aromatic heterocycles. The van der Waals surface area contributed by atoms with Crippen LogP contribution < -0.4 is 11.1 Å². The summed E-state index contributed by atoms with van der Waals surface area (Å²) in [5.41, 5.74) is 5.07. The summed E-state index contributed by atoms with van der Waals surface area (Å²) in [7, 11) is 1.33. The number of nitrogens with one attached hydrogen (secondary N) is 1. The van der Waals surface area contributed by atoms with E-state index in [1.807, 2.05) is 0 Å². The Labute approximate surface area is 96.3 Å². The molecule has 0 unspecified atom stereocenters. The first kappa shape index (κ1) is 12.6. The van der Waals surface area contributed by atoms with Crippen molar-refractivity contribution >= 4 is 11.6 Å². The first-order valence-corrected chi connectivity index (χ1v) is 4.58. The fourth-order valence-corrected chi connectivity index (χ4v) is 1.17. The molecular weight excluding hydrogens is 228 g/mol. The van der Waals surface area contributed by atoms with E-state index in [-0.39, 0.29) is 16.8 Å². The number of halogens is 2. The second-order valence-electron chi connectivity index (χ2n) is 3.11. The van der Waals surface area contributed by atoms with Crippen LogP contribution in [0.4, 0.5) is 8.78 Å². The number of nitrogens with zero attached hydrogens (tertiary/aromatic N) is 1. The number of amides is 1. The van der Waals surface area contributed by atoms with Gasteiger partial charge in [-0.3, -0.25) is 4.79 Å². The smallest absolute Gasteiger partial charge is 0.263 e. The van der Waals surface area contributed by atoms with E-state index in [0.29, 0.717) is 0 Å². The maximum absolute atomic E-state index is 13.0. The van der Waals surface area contributed by atoms with Gasteiger partial charge in [0, 0.05) is 12.6 Å². The third-order valence-electron chi connectivity index (χ3n) is 2.07. The molecule has 0 aliphatic carbocycles. The molecule has 0 saturated heterocycles. The van der Waals surface area contributed by atoms with Crippen molar-refractivity contribution in [2.24, 2.45) is 5.73 Å². The van der Waals surface area contributed by atoms with Crippen molar-refractivity contribution < 1.29 is 13.6 Å². The van der Waals surface area contributed by atoms with Gasteiger partial charge in [-0.1, -0.05) is 0 Å². The average Bonchev–Trinajstić information content (AvgIpc) is 2.33. The molecule has 0 saturated carbocycles. The number of carbonyl (C=O) groups excluding carboxylic acids is 1. The highest BCUT2D eigenvalue weighted by molar-refractivity contribution is 6.04. The van der Waals surface area contributed by atoms with E-state index >= 15 is 0 Å². The Hall–Kier alpha value is -2.42. The van der Waals surface area contributed by atoms with Crippen molar-refractivity contribution in [1.82, 2.24) is 5.32 Å². The van der Waals surface area contributed by atoms with Gasteiger partial charge in [0.15, 0.2) is 11.6 Å². The van der Waals surface area contributed by atoms with Crippen molar-refractivity contribution in [2.75, 3.05) is 7.05 Å². The first-order chi connectivity index (χ1) is 8.01. The number of hydrogen-bond acceptors (Lipinski definition) is 3. The van der Waals surface area contributed by atoms with E-state index < -0.39 is 17.5 Å². The van der Waals surface area contributed by atoms with E-state index in [1.54, 1.807) is 6.07 Å². The Balaban J connectivity index is 3.31. The first-order valence-electron chi connectivity index (χ1n) is 4.58. The summed E-state index contributed by atoms with van der Waals surface area (Å²) in [5.74, 6) is -2.81. The minimum absolute atomic E-state index is 0.0732. The SMILES string of the molecule is CNC(=O)/C(C#N)=C(\N)c1ccc(F)c(F)c1. The number of nitrogens with two attached hydrogens (primary N) is 1. The number of nitriles is 1. The van der Waals surface area contributed by atoms with Crippen LogP contribution in [0.5, 0.6) is 0 Å². The third kappa shape index (κ3) is 2.58. The quantitative estimate of drug-likeness (QED) is 0.592. The third-order valence-corrected chi connectivity index (χ3v) is 2.07. The molecule has 1 amide bonds. The van der Waals surface area contributed by atoms with Crippen LogP contribution in [-0.2, 0) is 4.79 Å². The van der Waals surface area contributed by atoms with Crippen molar-refractivity contribution in [2.45, 2.75) is 0 Å². The molecule has 1 aromatic rings. The summed E-state index contributed by atoms with van der Waals surface area (Å²) >= 11 is 0. The predicted octanol–water partition coefficient (Wildman–Crippen LogP) is 0.904.